The molecule has 0 atom stereocenters. The van der Waals surface area contributed by atoms with Crippen molar-refractivity contribution < 1.29 is 4.74 Å². The first-order valence-corrected chi connectivity index (χ1v) is 8.83. The van der Waals surface area contributed by atoms with Crippen LogP contribution in [0.3, 0.4) is 0 Å². The molecule has 2 N–H and O–H groups in total. The van der Waals surface area contributed by atoms with Crippen LogP contribution in [0, 0.1) is 25.2 Å². The summed E-state index contributed by atoms with van der Waals surface area (Å²) in [5, 5.41) is 10.5. The summed E-state index contributed by atoms with van der Waals surface area (Å²) in [6.45, 7) is 3.97. The summed E-state index contributed by atoms with van der Waals surface area (Å²) >= 11 is 0. The van der Waals surface area contributed by atoms with E-state index in [2.05, 4.69) is 16.0 Å². The first-order chi connectivity index (χ1) is 13.6. The van der Waals surface area contributed by atoms with Gasteiger partial charge in [-0.1, -0.05) is 36.4 Å². The van der Waals surface area contributed by atoms with Crippen molar-refractivity contribution in [2.75, 3.05) is 12.8 Å². The Hall–Kier alpha value is -3.85. The summed E-state index contributed by atoms with van der Waals surface area (Å²) in [6, 6.07) is 15.9. The average Bonchev–Trinajstić information content (AvgIpc) is 3.00. The second kappa shape index (κ2) is 6.71. The van der Waals surface area contributed by atoms with Gasteiger partial charge in [-0.3, -0.25) is 4.57 Å². The zero-order valence-electron chi connectivity index (χ0n) is 15.9. The molecule has 0 fully saturated rings. The number of nitriles is 1. The highest BCUT2D eigenvalue weighted by Crippen LogP contribution is 2.38. The highest BCUT2D eigenvalue weighted by molar-refractivity contribution is 6.00. The number of nitrogens with two attached hydrogens (primary N) is 1. The van der Waals surface area contributed by atoms with Gasteiger partial charge < -0.3 is 10.5 Å². The smallest absolute Gasteiger partial charge is 0.151 e. The van der Waals surface area contributed by atoms with Crippen LogP contribution in [-0.2, 0) is 0 Å². The molecule has 2 aromatic heterocycles. The molecule has 138 valence electrons. The number of nitrogens with zero attached hydrogens (tertiary/aromatic N) is 4. The van der Waals surface area contributed by atoms with E-state index < -0.39 is 0 Å². The Bertz CT molecular complexity index is 1240. The molecule has 6 nitrogen and oxygen atoms in total. The molecule has 0 saturated heterocycles. The van der Waals surface area contributed by atoms with Gasteiger partial charge in [-0.2, -0.15) is 5.26 Å². The minimum atomic E-state index is 0.342. The van der Waals surface area contributed by atoms with E-state index in [0.29, 0.717) is 28.1 Å². The van der Waals surface area contributed by atoms with Gasteiger partial charge in [0.2, 0.25) is 0 Å². The highest BCUT2D eigenvalue weighted by Gasteiger charge is 2.24. The Morgan fingerprint density at radius 3 is 2.50 bits per heavy atom. The number of hydrogen-bond acceptors (Lipinski definition) is 5. The molecule has 0 bridgehead atoms. The maximum atomic E-state index is 9.86. The monoisotopic (exact) mass is 369 g/mol. The molecular formula is C22H19N5O. The lowest BCUT2D eigenvalue weighted by molar-refractivity contribution is 0.411. The molecule has 2 aromatic carbocycles. The molecular weight excluding hydrogens is 350 g/mol. The molecule has 6 heteroatoms. The van der Waals surface area contributed by atoms with E-state index in [4.69, 9.17) is 10.5 Å². The van der Waals surface area contributed by atoms with Crippen molar-refractivity contribution in [3.05, 3.63) is 65.5 Å². The Morgan fingerprint density at radius 2 is 1.82 bits per heavy atom. The van der Waals surface area contributed by atoms with Crippen molar-refractivity contribution in [2.45, 2.75) is 13.8 Å². The van der Waals surface area contributed by atoms with Crippen molar-refractivity contribution in [1.29, 1.82) is 5.26 Å². The fourth-order valence-corrected chi connectivity index (χ4v) is 3.67. The van der Waals surface area contributed by atoms with Crippen LogP contribution in [-0.4, -0.2) is 21.6 Å². The zero-order valence-corrected chi connectivity index (χ0v) is 15.9. The molecule has 2 heterocycles. The van der Waals surface area contributed by atoms with Gasteiger partial charge in [0.25, 0.3) is 0 Å². The minimum absolute atomic E-state index is 0.342. The summed E-state index contributed by atoms with van der Waals surface area (Å²) in [6.07, 6.45) is 1.51. The number of anilines is 1. The van der Waals surface area contributed by atoms with Crippen LogP contribution < -0.4 is 10.5 Å². The van der Waals surface area contributed by atoms with Crippen molar-refractivity contribution in [3.8, 4) is 28.8 Å². The van der Waals surface area contributed by atoms with Gasteiger partial charge in [0, 0.05) is 11.1 Å². The van der Waals surface area contributed by atoms with Gasteiger partial charge >= 0.3 is 0 Å². The third kappa shape index (κ3) is 2.48. The quantitative estimate of drug-likeness (QED) is 0.585. The van der Waals surface area contributed by atoms with Crippen LogP contribution in [0.1, 0.15) is 16.7 Å². The molecule has 0 amide bonds. The van der Waals surface area contributed by atoms with E-state index in [9.17, 15) is 5.26 Å². The van der Waals surface area contributed by atoms with Crippen LogP contribution >= 0.6 is 0 Å². The van der Waals surface area contributed by atoms with Crippen molar-refractivity contribution >= 4 is 16.9 Å². The minimum Gasteiger partial charge on any atom is -0.496 e. The number of nitrogen functional groups attached to an aromatic ring is 1. The number of aromatic nitrogens is 3. The summed E-state index contributed by atoms with van der Waals surface area (Å²) in [4.78, 5) is 8.95. The van der Waals surface area contributed by atoms with Crippen LogP contribution in [0.15, 0.2) is 48.8 Å². The van der Waals surface area contributed by atoms with Gasteiger partial charge in [0.15, 0.2) is 5.65 Å². The zero-order chi connectivity index (χ0) is 19.8. The van der Waals surface area contributed by atoms with E-state index in [1.54, 1.807) is 7.11 Å². The largest absolute Gasteiger partial charge is 0.496 e. The maximum Gasteiger partial charge on any atom is 0.151 e. The summed E-state index contributed by atoms with van der Waals surface area (Å²) in [5.74, 6) is 1.09. The first kappa shape index (κ1) is 17.6. The molecule has 0 aliphatic rings. The molecule has 4 aromatic rings. The van der Waals surface area contributed by atoms with Crippen molar-refractivity contribution in [1.82, 2.24) is 14.5 Å². The second-order valence-corrected chi connectivity index (χ2v) is 6.55. The van der Waals surface area contributed by atoms with Gasteiger partial charge in [-0.05, 0) is 25.5 Å². The Morgan fingerprint density at radius 1 is 1.07 bits per heavy atom. The lowest BCUT2D eigenvalue weighted by Gasteiger charge is -2.16. The fourth-order valence-electron chi connectivity index (χ4n) is 3.67. The predicted octanol–water partition coefficient (Wildman–Crippen LogP) is 4.17. The molecule has 0 aliphatic heterocycles. The van der Waals surface area contributed by atoms with Crippen molar-refractivity contribution in [3.63, 3.8) is 0 Å². The standard InChI is InChI=1S/C22H19N5O/c1-13-9-10-17(28-3)14(2)20(13)27-21(24)16(11-23)18-19(25-12-26-22(18)27)15-7-5-4-6-8-15/h4-10,12H,24H2,1-3H3. The second-order valence-electron chi connectivity index (χ2n) is 6.55. The molecule has 4 rings (SSSR count). The molecule has 0 radical (unpaired) electrons. The van der Waals surface area contributed by atoms with Gasteiger partial charge in [0.1, 0.15) is 29.5 Å². The summed E-state index contributed by atoms with van der Waals surface area (Å²) in [7, 11) is 1.63. The van der Waals surface area contributed by atoms with Crippen molar-refractivity contribution in [2.24, 2.45) is 0 Å². The topological polar surface area (TPSA) is 89.8 Å². The molecule has 0 unspecified atom stereocenters. The van der Waals surface area contributed by atoms with Crippen LogP contribution in [0.5, 0.6) is 5.75 Å². The van der Waals surface area contributed by atoms with Crippen LogP contribution in [0.4, 0.5) is 5.82 Å². The third-order valence-electron chi connectivity index (χ3n) is 4.97. The normalized spacial score (nSPS) is 10.8. The predicted molar refractivity (Wildman–Crippen MR) is 109 cm³/mol. The molecule has 0 saturated carbocycles. The number of benzene rings is 2. The number of rotatable bonds is 3. The van der Waals surface area contributed by atoms with Crippen LogP contribution in [0.25, 0.3) is 28.0 Å². The number of ether oxygens (including phenoxy) is 1. The summed E-state index contributed by atoms with van der Waals surface area (Å²) in [5.41, 5.74) is 11.8. The summed E-state index contributed by atoms with van der Waals surface area (Å²) < 4.78 is 7.32. The van der Waals surface area contributed by atoms with E-state index in [-0.39, 0.29) is 0 Å². The number of hydrogen-bond donors (Lipinski definition) is 1. The maximum absolute atomic E-state index is 9.86. The average molecular weight is 369 g/mol. The number of fused-ring (bicyclic) bond motifs is 1. The number of aryl methyl sites for hydroxylation is 1. The van der Waals surface area contributed by atoms with Gasteiger partial charge in [0.05, 0.1) is 23.9 Å². The number of methoxy groups -OCH3 is 1. The molecule has 0 aliphatic carbocycles. The van der Waals surface area contributed by atoms with Gasteiger partial charge in [-0.15, -0.1) is 0 Å². The fraction of sp³-hybridized carbons (Fsp3) is 0.136. The van der Waals surface area contributed by atoms with E-state index in [0.717, 1.165) is 28.1 Å². The SMILES string of the molecule is COc1ccc(C)c(-n2c(N)c(C#N)c3c(-c4ccccc4)ncnc32)c1C. The van der Waals surface area contributed by atoms with E-state index in [1.165, 1.54) is 6.33 Å². The van der Waals surface area contributed by atoms with E-state index in [1.807, 2.05) is 60.9 Å². The first-order valence-electron chi connectivity index (χ1n) is 8.83. The molecule has 0 spiro atoms. The Balaban J connectivity index is 2.15. The lowest BCUT2D eigenvalue weighted by atomic mass is 10.1. The Labute approximate surface area is 162 Å². The molecule has 28 heavy (non-hydrogen) atoms. The third-order valence-corrected chi connectivity index (χ3v) is 4.97. The van der Waals surface area contributed by atoms with Crippen LogP contribution in [0.2, 0.25) is 0 Å². The van der Waals surface area contributed by atoms with Gasteiger partial charge in [-0.25, -0.2) is 9.97 Å². The lowest BCUT2D eigenvalue weighted by Crippen LogP contribution is -2.06. The van der Waals surface area contributed by atoms with E-state index >= 15 is 0 Å². The Kier molecular flexibility index (Phi) is 4.21. The highest BCUT2D eigenvalue weighted by atomic mass is 16.5.